The van der Waals surface area contributed by atoms with E-state index in [2.05, 4.69) is 20.6 Å². The molecule has 0 spiro atoms. The van der Waals surface area contributed by atoms with Crippen LogP contribution >= 0.6 is 11.3 Å². The largest absolute Gasteiger partial charge is 0.361 e. The van der Waals surface area contributed by atoms with E-state index in [0.717, 1.165) is 32.6 Å². The number of thiazole rings is 1. The lowest BCUT2D eigenvalue weighted by Crippen LogP contribution is -1.99. The molecule has 1 N–H and O–H groups in total. The number of hydrogen-bond donors (Lipinski definition) is 1. The molecule has 0 unspecified atom stereocenters. The molecule has 0 amide bonds. The van der Waals surface area contributed by atoms with Crippen LogP contribution in [0.3, 0.4) is 0 Å². The molecule has 7 heteroatoms. The van der Waals surface area contributed by atoms with E-state index >= 15 is 0 Å². The van der Waals surface area contributed by atoms with Gasteiger partial charge in [-0.25, -0.2) is 9.67 Å². The van der Waals surface area contributed by atoms with Gasteiger partial charge in [-0.3, -0.25) is 0 Å². The van der Waals surface area contributed by atoms with Crippen molar-refractivity contribution in [3.05, 3.63) is 23.2 Å². The molecule has 1 saturated carbocycles. The Morgan fingerprint density at radius 2 is 2.35 bits per heavy atom. The Labute approximate surface area is 119 Å². The van der Waals surface area contributed by atoms with Gasteiger partial charge in [-0.2, -0.15) is 5.10 Å². The van der Waals surface area contributed by atoms with E-state index in [-0.39, 0.29) is 0 Å². The van der Waals surface area contributed by atoms with Gasteiger partial charge in [0.1, 0.15) is 11.5 Å². The van der Waals surface area contributed by atoms with Crippen LogP contribution in [0, 0.1) is 6.92 Å². The molecule has 3 heterocycles. The fourth-order valence-electron chi connectivity index (χ4n) is 2.30. The fourth-order valence-corrected chi connectivity index (χ4v) is 3.23. The molecule has 0 aliphatic heterocycles. The van der Waals surface area contributed by atoms with E-state index in [0.29, 0.717) is 12.5 Å². The van der Waals surface area contributed by atoms with Gasteiger partial charge < -0.3 is 9.84 Å². The number of hydrogen-bond acceptors (Lipinski definition) is 6. The topological polar surface area (TPSA) is 68.8 Å². The zero-order valence-electron chi connectivity index (χ0n) is 11.4. The molecule has 0 bridgehead atoms. The minimum atomic E-state index is 0.604. The summed E-state index contributed by atoms with van der Waals surface area (Å²) in [6.07, 6.45) is 2.46. The maximum atomic E-state index is 5.34. The molecule has 0 saturated heterocycles. The minimum absolute atomic E-state index is 0.604. The lowest BCUT2D eigenvalue weighted by atomic mass is 10.3. The van der Waals surface area contributed by atoms with Crippen molar-refractivity contribution in [2.75, 3.05) is 5.32 Å². The van der Waals surface area contributed by atoms with Crippen molar-refractivity contribution in [3.8, 4) is 0 Å². The van der Waals surface area contributed by atoms with Crippen LogP contribution in [0.5, 0.6) is 0 Å². The molecule has 1 aliphatic rings. The van der Waals surface area contributed by atoms with Crippen molar-refractivity contribution >= 4 is 26.8 Å². The summed E-state index contributed by atoms with van der Waals surface area (Å²) in [6.45, 7) is 2.65. The quantitative estimate of drug-likeness (QED) is 0.800. The molecule has 1 aliphatic carbocycles. The fraction of sp³-hybridized carbons (Fsp3) is 0.462. The highest BCUT2D eigenvalue weighted by Crippen LogP contribution is 2.40. The third kappa shape index (κ3) is 1.98. The molecular weight excluding hydrogens is 274 g/mol. The van der Waals surface area contributed by atoms with Crippen molar-refractivity contribution in [1.82, 2.24) is 19.9 Å². The van der Waals surface area contributed by atoms with Gasteiger partial charge in [-0.1, -0.05) is 16.5 Å². The van der Waals surface area contributed by atoms with Gasteiger partial charge in [0.15, 0.2) is 10.8 Å². The second-order valence-corrected chi connectivity index (χ2v) is 6.23. The molecule has 1 fully saturated rings. The van der Waals surface area contributed by atoms with Gasteiger partial charge in [-0.15, -0.1) is 0 Å². The molecule has 4 rings (SSSR count). The summed E-state index contributed by atoms with van der Waals surface area (Å²) >= 11 is 1.63. The molecule has 0 aromatic carbocycles. The van der Waals surface area contributed by atoms with Crippen LogP contribution in [0.2, 0.25) is 0 Å². The average Bonchev–Trinajstić information content (AvgIpc) is 2.93. The van der Waals surface area contributed by atoms with Crippen LogP contribution < -0.4 is 5.32 Å². The number of fused-ring (bicyclic) bond motifs is 1. The predicted octanol–water partition coefficient (Wildman–Crippen LogP) is 2.82. The van der Waals surface area contributed by atoms with E-state index in [9.17, 15) is 0 Å². The smallest absolute Gasteiger partial charge is 0.185 e. The first-order valence-corrected chi connectivity index (χ1v) is 7.52. The molecular formula is C13H15N5OS. The first-order chi connectivity index (χ1) is 9.70. The third-order valence-corrected chi connectivity index (χ3v) is 4.63. The summed E-state index contributed by atoms with van der Waals surface area (Å²) in [5.74, 6) is 1.62. The summed E-state index contributed by atoms with van der Waals surface area (Å²) in [4.78, 5) is 4.55. The molecule has 6 nitrogen and oxygen atoms in total. The van der Waals surface area contributed by atoms with E-state index < -0.39 is 0 Å². The van der Waals surface area contributed by atoms with Gasteiger partial charge in [0, 0.05) is 19.0 Å². The van der Waals surface area contributed by atoms with Crippen LogP contribution in [0.15, 0.2) is 10.6 Å². The van der Waals surface area contributed by atoms with Gasteiger partial charge >= 0.3 is 0 Å². The average molecular weight is 289 g/mol. The van der Waals surface area contributed by atoms with Crippen molar-refractivity contribution < 1.29 is 4.52 Å². The standard InChI is InChI=1S/C13H15N5OS/c1-7-11-12(18(2)16-7)15-13(20-11)14-6-9-5-10(19-17-9)8-3-4-8/h5,8H,3-4,6H2,1-2H3,(H,14,15). The molecule has 104 valence electrons. The minimum Gasteiger partial charge on any atom is -0.361 e. The zero-order chi connectivity index (χ0) is 13.7. The first-order valence-electron chi connectivity index (χ1n) is 6.70. The Morgan fingerprint density at radius 1 is 1.50 bits per heavy atom. The molecule has 3 aromatic rings. The highest BCUT2D eigenvalue weighted by molar-refractivity contribution is 7.22. The van der Waals surface area contributed by atoms with E-state index in [1.807, 2.05) is 24.7 Å². The second-order valence-electron chi connectivity index (χ2n) is 5.23. The number of anilines is 1. The summed E-state index contributed by atoms with van der Waals surface area (Å²) in [5, 5.41) is 12.6. The first kappa shape index (κ1) is 11.9. The van der Waals surface area contributed by atoms with Crippen molar-refractivity contribution in [3.63, 3.8) is 0 Å². The van der Waals surface area contributed by atoms with Crippen molar-refractivity contribution in [2.24, 2.45) is 7.05 Å². The van der Waals surface area contributed by atoms with Gasteiger partial charge in [0.2, 0.25) is 0 Å². The predicted molar refractivity (Wildman–Crippen MR) is 76.9 cm³/mol. The van der Waals surface area contributed by atoms with Crippen LogP contribution in [0.25, 0.3) is 10.3 Å². The van der Waals surface area contributed by atoms with E-state index in [1.165, 1.54) is 12.8 Å². The molecule has 3 aromatic heterocycles. The number of aromatic nitrogens is 4. The number of rotatable bonds is 4. The molecule has 20 heavy (non-hydrogen) atoms. The Morgan fingerprint density at radius 3 is 3.10 bits per heavy atom. The van der Waals surface area contributed by atoms with Crippen LogP contribution in [0.4, 0.5) is 5.13 Å². The Balaban J connectivity index is 1.50. The summed E-state index contributed by atoms with van der Waals surface area (Å²) in [6, 6.07) is 2.05. The Bertz CT molecular complexity index is 733. The SMILES string of the molecule is Cc1nn(C)c2nc(NCc3cc(C4CC4)on3)sc12. The third-order valence-electron chi connectivity index (χ3n) is 3.52. The van der Waals surface area contributed by atoms with Crippen LogP contribution in [0.1, 0.15) is 35.9 Å². The number of aryl methyl sites for hydroxylation is 2. The van der Waals surface area contributed by atoms with Crippen molar-refractivity contribution in [2.45, 2.75) is 32.2 Å². The lowest BCUT2D eigenvalue weighted by Gasteiger charge is -1.97. The molecule has 0 atom stereocenters. The van der Waals surface area contributed by atoms with Gasteiger partial charge in [0.25, 0.3) is 0 Å². The maximum absolute atomic E-state index is 5.34. The van der Waals surface area contributed by atoms with Crippen molar-refractivity contribution in [1.29, 1.82) is 0 Å². The summed E-state index contributed by atoms with van der Waals surface area (Å²) in [5.41, 5.74) is 2.88. The van der Waals surface area contributed by atoms with E-state index in [1.54, 1.807) is 11.3 Å². The zero-order valence-corrected chi connectivity index (χ0v) is 12.2. The summed E-state index contributed by atoms with van der Waals surface area (Å²) < 4.78 is 8.28. The van der Waals surface area contributed by atoms with Crippen LogP contribution in [-0.2, 0) is 13.6 Å². The van der Waals surface area contributed by atoms with Gasteiger partial charge in [0.05, 0.1) is 16.9 Å². The van der Waals surface area contributed by atoms with Gasteiger partial charge in [-0.05, 0) is 19.8 Å². The van der Waals surface area contributed by atoms with Crippen LogP contribution in [-0.4, -0.2) is 19.9 Å². The Kier molecular flexibility index (Phi) is 2.56. The Hall–Kier alpha value is -1.89. The normalized spacial score (nSPS) is 15.1. The molecule has 0 radical (unpaired) electrons. The highest BCUT2D eigenvalue weighted by Gasteiger charge is 2.27. The van der Waals surface area contributed by atoms with E-state index in [4.69, 9.17) is 4.52 Å². The number of nitrogens with zero attached hydrogens (tertiary/aromatic N) is 4. The highest BCUT2D eigenvalue weighted by atomic mass is 32.1. The summed E-state index contributed by atoms with van der Waals surface area (Å²) in [7, 11) is 1.92. The monoisotopic (exact) mass is 289 g/mol. The number of nitrogens with one attached hydrogen (secondary N) is 1. The lowest BCUT2D eigenvalue weighted by molar-refractivity contribution is 0.379. The maximum Gasteiger partial charge on any atom is 0.185 e. The second kappa shape index (κ2) is 4.31.